The summed E-state index contributed by atoms with van der Waals surface area (Å²) in [6, 6.07) is 1.49. The summed E-state index contributed by atoms with van der Waals surface area (Å²) in [5.74, 6) is 0. The van der Waals surface area contributed by atoms with Crippen molar-refractivity contribution in [1.29, 1.82) is 0 Å². The molecule has 2 aliphatic carbocycles. The molecule has 158 valence electrons. The lowest BCUT2D eigenvalue weighted by Crippen LogP contribution is -2.37. The number of rotatable bonds is 4. The smallest absolute Gasteiger partial charge is 0.354 e. The van der Waals surface area contributed by atoms with Crippen LogP contribution in [-0.4, -0.2) is 31.7 Å². The second-order valence-corrected chi connectivity index (χ2v) is 12.7. The summed E-state index contributed by atoms with van der Waals surface area (Å²) in [7, 11) is -3.41. The standard InChI is InChI=1S/C19H23FIN3O3S2/c1-19(2,26)14-9-28-17(15(14)20)29(27,24-21)23-18(25)22-16-12-5-3-4-10(12)8-11-6-7-13(11)16/h8-9,15,17,26H,3-7H2,1-2H3,(H2,22,23,24,25,27). The minimum absolute atomic E-state index is 0.143. The van der Waals surface area contributed by atoms with E-state index in [4.69, 9.17) is 0 Å². The van der Waals surface area contributed by atoms with Crippen molar-refractivity contribution in [2.75, 3.05) is 5.32 Å². The van der Waals surface area contributed by atoms with E-state index in [0.29, 0.717) is 0 Å². The third kappa shape index (κ3) is 3.86. The number of thioether (sulfide) groups is 1. The molecule has 1 aromatic rings. The largest absolute Gasteiger partial charge is 0.386 e. The Labute approximate surface area is 188 Å². The highest BCUT2D eigenvalue weighted by Crippen LogP contribution is 2.42. The van der Waals surface area contributed by atoms with Crippen LogP contribution >= 0.6 is 34.6 Å². The van der Waals surface area contributed by atoms with Gasteiger partial charge < -0.3 is 10.4 Å². The van der Waals surface area contributed by atoms with E-state index in [2.05, 4.69) is 18.7 Å². The Bertz CT molecular complexity index is 1030. The number of aliphatic hydroxyl groups is 1. The number of anilines is 1. The Morgan fingerprint density at radius 3 is 2.59 bits per heavy atom. The van der Waals surface area contributed by atoms with Crippen LogP contribution in [0.25, 0.3) is 0 Å². The van der Waals surface area contributed by atoms with Crippen molar-refractivity contribution >= 4 is 56.3 Å². The first-order valence-electron chi connectivity index (χ1n) is 9.47. The van der Waals surface area contributed by atoms with Crippen molar-refractivity contribution in [3.63, 3.8) is 0 Å². The molecule has 6 nitrogen and oxygen atoms in total. The van der Waals surface area contributed by atoms with Crippen molar-refractivity contribution in [2.24, 2.45) is 4.36 Å². The summed E-state index contributed by atoms with van der Waals surface area (Å²) in [5, 5.41) is 14.4. The molecule has 3 aliphatic rings. The Balaban J connectivity index is 1.61. The van der Waals surface area contributed by atoms with E-state index in [1.54, 1.807) is 22.9 Å². The summed E-state index contributed by atoms with van der Waals surface area (Å²) in [6.45, 7) is 2.95. The molecular weight excluding hydrogens is 528 g/mol. The van der Waals surface area contributed by atoms with Crippen LogP contribution in [0.5, 0.6) is 0 Å². The molecule has 3 atom stereocenters. The number of carbonyl (C=O) groups is 1. The Morgan fingerprint density at radius 1 is 1.31 bits per heavy atom. The normalized spacial score (nSPS) is 24.8. The molecule has 0 bridgehead atoms. The zero-order valence-electron chi connectivity index (χ0n) is 16.1. The number of carbonyl (C=O) groups excluding carboxylic acids is 1. The van der Waals surface area contributed by atoms with Crippen LogP contribution in [0.2, 0.25) is 0 Å². The monoisotopic (exact) mass is 551 g/mol. The summed E-state index contributed by atoms with van der Waals surface area (Å²) in [4.78, 5) is 12.7. The SMILES string of the molecule is CC(C)(O)C1=CSC(S(=O)(=NC(=O)Nc2c3c(cc4c2CC4)CCC3)NI)C1F. The molecule has 4 rings (SSSR count). The highest BCUT2D eigenvalue weighted by atomic mass is 127. The maximum absolute atomic E-state index is 15.0. The van der Waals surface area contributed by atoms with Crippen molar-refractivity contribution in [2.45, 2.75) is 62.3 Å². The van der Waals surface area contributed by atoms with Crippen molar-refractivity contribution < 1.29 is 18.5 Å². The fraction of sp³-hybridized carbons (Fsp3) is 0.526. The summed E-state index contributed by atoms with van der Waals surface area (Å²) in [6.07, 6.45) is 3.19. The molecule has 1 aromatic carbocycles. The van der Waals surface area contributed by atoms with Gasteiger partial charge in [-0.2, -0.15) is 2.94 Å². The molecule has 1 heterocycles. The summed E-state index contributed by atoms with van der Waals surface area (Å²) < 4.78 is 33.6. The number of nitrogens with one attached hydrogen (secondary N) is 2. The van der Waals surface area contributed by atoms with Crippen molar-refractivity contribution in [3.05, 3.63) is 39.3 Å². The van der Waals surface area contributed by atoms with Gasteiger partial charge in [0.15, 0.2) is 6.17 Å². The van der Waals surface area contributed by atoms with E-state index >= 15 is 0 Å². The first kappa shape index (κ1) is 21.5. The highest BCUT2D eigenvalue weighted by molar-refractivity contribution is 14.1. The maximum atomic E-state index is 15.0. The molecule has 1 aliphatic heterocycles. The summed E-state index contributed by atoms with van der Waals surface area (Å²) in [5.41, 5.74) is 4.37. The van der Waals surface area contributed by atoms with E-state index in [0.717, 1.165) is 60.7 Å². The second-order valence-electron chi connectivity index (χ2n) is 8.09. The van der Waals surface area contributed by atoms with Gasteiger partial charge in [0.2, 0.25) is 0 Å². The Kier molecular flexibility index (Phi) is 5.77. The van der Waals surface area contributed by atoms with Crippen LogP contribution < -0.4 is 8.25 Å². The average molecular weight is 551 g/mol. The molecule has 0 aromatic heterocycles. The van der Waals surface area contributed by atoms with Gasteiger partial charge in [-0.15, -0.1) is 16.1 Å². The zero-order valence-corrected chi connectivity index (χ0v) is 19.9. The topological polar surface area (TPSA) is 90.8 Å². The molecule has 0 saturated heterocycles. The van der Waals surface area contributed by atoms with Crippen LogP contribution in [0.15, 0.2) is 21.4 Å². The molecule has 3 unspecified atom stereocenters. The molecule has 0 radical (unpaired) electrons. The van der Waals surface area contributed by atoms with Crippen molar-refractivity contribution in [1.82, 2.24) is 2.94 Å². The number of alkyl halides is 1. The maximum Gasteiger partial charge on any atom is 0.354 e. The van der Waals surface area contributed by atoms with E-state index in [-0.39, 0.29) is 5.57 Å². The predicted molar refractivity (Wildman–Crippen MR) is 123 cm³/mol. The number of fused-ring (bicyclic) bond motifs is 2. The molecule has 29 heavy (non-hydrogen) atoms. The number of hydrogen-bond acceptors (Lipinski definition) is 4. The van der Waals surface area contributed by atoms with Crippen LogP contribution in [0, 0.1) is 0 Å². The van der Waals surface area contributed by atoms with Gasteiger partial charge in [0.1, 0.15) is 14.5 Å². The van der Waals surface area contributed by atoms with Crippen molar-refractivity contribution in [3.8, 4) is 0 Å². The predicted octanol–water partition coefficient (Wildman–Crippen LogP) is 4.19. The lowest BCUT2D eigenvalue weighted by Gasteiger charge is -2.26. The molecule has 0 fully saturated rings. The third-order valence-electron chi connectivity index (χ3n) is 5.69. The Morgan fingerprint density at radius 2 is 2.00 bits per heavy atom. The molecule has 0 saturated carbocycles. The van der Waals surface area contributed by atoms with E-state index in [9.17, 15) is 18.5 Å². The van der Waals surface area contributed by atoms with Gasteiger partial charge in [-0.3, -0.25) is 0 Å². The number of urea groups is 1. The highest BCUT2D eigenvalue weighted by Gasteiger charge is 2.44. The number of aryl methyl sites for hydroxylation is 2. The Hall–Kier alpha value is -0.690. The first-order valence-corrected chi connectivity index (χ1v) is 13.1. The van der Waals surface area contributed by atoms with E-state index < -0.39 is 32.3 Å². The molecule has 10 heteroatoms. The molecule has 3 N–H and O–H groups in total. The minimum atomic E-state index is -3.41. The molecule has 0 spiro atoms. The number of amides is 2. The number of halogens is 2. The van der Waals surface area contributed by atoms with Gasteiger partial charge >= 0.3 is 6.03 Å². The van der Waals surface area contributed by atoms with Gasteiger partial charge in [-0.25, -0.2) is 13.4 Å². The molecular formula is C19H23FIN3O3S2. The minimum Gasteiger partial charge on any atom is -0.386 e. The van der Waals surface area contributed by atoms with Crippen LogP contribution in [0.3, 0.4) is 0 Å². The van der Waals surface area contributed by atoms with Gasteiger partial charge in [-0.1, -0.05) is 6.07 Å². The van der Waals surface area contributed by atoms with Crippen LogP contribution in [0.4, 0.5) is 14.9 Å². The third-order valence-corrected chi connectivity index (χ3v) is 11.1. The van der Waals surface area contributed by atoms with Crippen LogP contribution in [0.1, 0.15) is 42.5 Å². The zero-order chi connectivity index (χ0) is 21.0. The molecule has 2 amide bonds. The number of nitrogens with zero attached hydrogens (tertiary/aromatic N) is 1. The van der Waals surface area contributed by atoms with Crippen LogP contribution in [-0.2, 0) is 35.6 Å². The van der Waals surface area contributed by atoms with Gasteiger partial charge in [0, 0.05) is 34.1 Å². The number of hydrogen-bond donors (Lipinski definition) is 3. The number of benzene rings is 1. The van der Waals surface area contributed by atoms with Gasteiger partial charge in [-0.05, 0) is 73.6 Å². The average Bonchev–Trinajstić information content (AvgIpc) is 3.23. The van der Waals surface area contributed by atoms with Gasteiger partial charge in [0.05, 0.1) is 5.60 Å². The van der Waals surface area contributed by atoms with Gasteiger partial charge in [0.25, 0.3) is 0 Å². The first-order chi connectivity index (χ1) is 13.6. The summed E-state index contributed by atoms with van der Waals surface area (Å²) >= 11 is 2.63. The lowest BCUT2D eigenvalue weighted by atomic mass is 9.83. The fourth-order valence-corrected chi connectivity index (χ4v) is 8.75. The second kappa shape index (κ2) is 7.77. The lowest BCUT2D eigenvalue weighted by molar-refractivity contribution is 0.104. The quantitative estimate of drug-likeness (QED) is 0.387. The van der Waals surface area contributed by atoms with E-state index in [1.807, 2.05) is 0 Å². The fourth-order valence-electron chi connectivity index (χ4n) is 4.10. The van der Waals surface area contributed by atoms with E-state index in [1.165, 1.54) is 30.4 Å².